The number of fused-ring (bicyclic) bond motifs is 3. The van der Waals surface area contributed by atoms with Crippen LogP contribution in [0.15, 0.2) is 66.7 Å². The summed E-state index contributed by atoms with van der Waals surface area (Å²) in [5.41, 5.74) is 3.92. The van der Waals surface area contributed by atoms with Crippen molar-refractivity contribution in [1.29, 1.82) is 0 Å². The maximum absolute atomic E-state index is 15.0. The van der Waals surface area contributed by atoms with E-state index in [-0.39, 0.29) is 43.2 Å². The Balaban J connectivity index is 1.41. The number of ether oxygens (including phenoxy) is 1. The molecule has 1 aliphatic rings. The highest BCUT2D eigenvalue weighted by Gasteiger charge is 2.29. The number of carboxylic acid groups (broad SMARTS) is 1. The molecule has 0 radical (unpaired) electrons. The Kier molecular flexibility index (Phi) is 7.10. The zero-order chi connectivity index (χ0) is 24.9. The van der Waals surface area contributed by atoms with Gasteiger partial charge in [-0.15, -0.1) is 0 Å². The van der Waals surface area contributed by atoms with Crippen molar-refractivity contribution >= 4 is 23.7 Å². The van der Waals surface area contributed by atoms with Crippen molar-refractivity contribution < 1.29 is 28.6 Å². The number of carbonyl (C=O) groups is 3. The summed E-state index contributed by atoms with van der Waals surface area (Å²) in [6.07, 6.45) is -0.675. The van der Waals surface area contributed by atoms with Gasteiger partial charge < -0.3 is 14.7 Å². The van der Waals surface area contributed by atoms with E-state index in [2.05, 4.69) is 5.32 Å². The molecule has 2 N–H and O–H groups in total. The highest BCUT2D eigenvalue weighted by Crippen LogP contribution is 2.44. The van der Waals surface area contributed by atoms with Crippen molar-refractivity contribution in [2.75, 3.05) is 25.5 Å². The first-order chi connectivity index (χ1) is 16.9. The maximum Gasteiger partial charge on any atom is 0.411 e. The van der Waals surface area contributed by atoms with Gasteiger partial charge in [0.15, 0.2) is 5.82 Å². The van der Waals surface area contributed by atoms with Gasteiger partial charge in [0.25, 0.3) is 5.91 Å². The third kappa shape index (κ3) is 5.16. The maximum atomic E-state index is 15.0. The van der Waals surface area contributed by atoms with Gasteiger partial charge in [0, 0.05) is 25.9 Å². The van der Waals surface area contributed by atoms with Crippen LogP contribution in [-0.4, -0.2) is 48.2 Å². The summed E-state index contributed by atoms with van der Waals surface area (Å²) in [4.78, 5) is 37.0. The second-order valence-corrected chi connectivity index (χ2v) is 8.34. The molecule has 0 saturated carbocycles. The van der Waals surface area contributed by atoms with Crippen LogP contribution in [0.5, 0.6) is 0 Å². The molecule has 0 heterocycles. The highest BCUT2D eigenvalue weighted by atomic mass is 19.1. The first kappa shape index (κ1) is 23.9. The number of carboxylic acids is 1. The van der Waals surface area contributed by atoms with Crippen molar-refractivity contribution in [2.24, 2.45) is 0 Å². The lowest BCUT2D eigenvalue weighted by molar-refractivity contribution is -0.137. The fraction of sp³-hybridized carbons (Fsp3) is 0.222. The summed E-state index contributed by atoms with van der Waals surface area (Å²) < 4.78 is 20.5. The third-order valence-corrected chi connectivity index (χ3v) is 6.04. The van der Waals surface area contributed by atoms with Gasteiger partial charge >= 0.3 is 12.1 Å². The minimum Gasteiger partial charge on any atom is -0.481 e. The largest absolute Gasteiger partial charge is 0.481 e. The Morgan fingerprint density at radius 3 is 2.23 bits per heavy atom. The molecular formula is C27H25FN2O5. The van der Waals surface area contributed by atoms with Crippen LogP contribution in [0.2, 0.25) is 0 Å². The Bertz CT molecular complexity index is 1230. The van der Waals surface area contributed by atoms with Crippen molar-refractivity contribution in [3.63, 3.8) is 0 Å². The Morgan fingerprint density at radius 1 is 0.971 bits per heavy atom. The highest BCUT2D eigenvalue weighted by molar-refractivity contribution is 5.96. The minimum atomic E-state index is -0.966. The van der Waals surface area contributed by atoms with E-state index in [1.807, 2.05) is 48.5 Å². The summed E-state index contributed by atoms with van der Waals surface area (Å²) in [6, 6.07) is 20.0. The molecule has 0 atom stereocenters. The van der Waals surface area contributed by atoms with Gasteiger partial charge in [-0.1, -0.05) is 54.6 Å². The number of benzene rings is 3. The Hall–Kier alpha value is -4.20. The Morgan fingerprint density at radius 2 is 1.60 bits per heavy atom. The smallest absolute Gasteiger partial charge is 0.411 e. The molecule has 4 rings (SSSR count). The average Bonchev–Trinajstić information content (AvgIpc) is 3.17. The molecule has 0 aliphatic heterocycles. The summed E-state index contributed by atoms with van der Waals surface area (Å²) in [7, 11) is 1.47. The van der Waals surface area contributed by atoms with E-state index in [9.17, 15) is 14.4 Å². The first-order valence-corrected chi connectivity index (χ1v) is 11.2. The number of nitrogens with one attached hydrogen (secondary N) is 1. The average molecular weight is 477 g/mol. The van der Waals surface area contributed by atoms with E-state index in [0.717, 1.165) is 22.3 Å². The first-order valence-electron chi connectivity index (χ1n) is 11.2. The number of hydrogen-bond acceptors (Lipinski definition) is 4. The van der Waals surface area contributed by atoms with E-state index in [4.69, 9.17) is 9.84 Å². The van der Waals surface area contributed by atoms with Crippen LogP contribution in [0.25, 0.3) is 11.1 Å². The zero-order valence-electron chi connectivity index (χ0n) is 19.2. The molecule has 35 heavy (non-hydrogen) atoms. The molecule has 0 fully saturated rings. The van der Waals surface area contributed by atoms with E-state index in [1.165, 1.54) is 30.1 Å². The topological polar surface area (TPSA) is 95.9 Å². The van der Waals surface area contributed by atoms with Crippen LogP contribution >= 0.6 is 0 Å². The van der Waals surface area contributed by atoms with Crippen LogP contribution in [0.4, 0.5) is 14.9 Å². The van der Waals surface area contributed by atoms with Gasteiger partial charge in [0.2, 0.25) is 0 Å². The number of anilines is 1. The van der Waals surface area contributed by atoms with Crippen LogP contribution in [-0.2, 0) is 9.53 Å². The predicted molar refractivity (Wildman–Crippen MR) is 129 cm³/mol. The molecular weight excluding hydrogens is 451 g/mol. The monoisotopic (exact) mass is 476 g/mol. The zero-order valence-corrected chi connectivity index (χ0v) is 19.2. The quantitative estimate of drug-likeness (QED) is 0.470. The molecule has 2 amide bonds. The fourth-order valence-corrected chi connectivity index (χ4v) is 4.31. The summed E-state index contributed by atoms with van der Waals surface area (Å²) in [5, 5.41) is 11.1. The fourth-order valence-electron chi connectivity index (χ4n) is 4.31. The number of carbonyl (C=O) groups excluding carboxylic acids is 2. The summed E-state index contributed by atoms with van der Waals surface area (Å²) in [5.74, 6) is -2.59. The van der Waals surface area contributed by atoms with E-state index in [0.29, 0.717) is 0 Å². The number of halogens is 1. The van der Waals surface area contributed by atoms with Crippen molar-refractivity contribution in [3.05, 3.63) is 89.2 Å². The summed E-state index contributed by atoms with van der Waals surface area (Å²) >= 11 is 0. The normalized spacial score (nSPS) is 11.9. The lowest BCUT2D eigenvalue weighted by Gasteiger charge is -2.18. The predicted octanol–water partition coefficient (Wildman–Crippen LogP) is 5.12. The van der Waals surface area contributed by atoms with Crippen LogP contribution < -0.4 is 5.32 Å². The van der Waals surface area contributed by atoms with Gasteiger partial charge in [-0.25, -0.2) is 9.18 Å². The molecule has 3 aromatic carbocycles. The van der Waals surface area contributed by atoms with Crippen LogP contribution in [0.3, 0.4) is 0 Å². The molecule has 3 aromatic rings. The van der Waals surface area contributed by atoms with Crippen molar-refractivity contribution in [1.82, 2.24) is 4.90 Å². The molecule has 0 saturated heterocycles. The van der Waals surface area contributed by atoms with Gasteiger partial charge in [-0.05, 0) is 40.8 Å². The van der Waals surface area contributed by atoms with Gasteiger partial charge in [-0.3, -0.25) is 14.9 Å². The van der Waals surface area contributed by atoms with Gasteiger partial charge in [0.1, 0.15) is 6.61 Å². The van der Waals surface area contributed by atoms with E-state index >= 15 is 4.39 Å². The molecule has 8 heteroatoms. The molecule has 0 spiro atoms. The third-order valence-electron chi connectivity index (χ3n) is 6.04. The second kappa shape index (κ2) is 10.4. The van der Waals surface area contributed by atoms with E-state index in [1.54, 1.807) is 0 Å². The lowest BCUT2D eigenvalue weighted by Crippen LogP contribution is -2.29. The number of rotatable bonds is 8. The summed E-state index contributed by atoms with van der Waals surface area (Å²) in [6.45, 7) is 0.237. The molecule has 0 aromatic heterocycles. The second-order valence-electron chi connectivity index (χ2n) is 8.34. The van der Waals surface area contributed by atoms with Crippen LogP contribution in [0.1, 0.15) is 40.2 Å². The van der Waals surface area contributed by atoms with Crippen molar-refractivity contribution in [2.45, 2.75) is 18.8 Å². The molecule has 0 unspecified atom stereocenters. The molecule has 180 valence electrons. The number of aliphatic carboxylic acids is 1. The molecule has 1 aliphatic carbocycles. The number of hydrogen-bond donors (Lipinski definition) is 2. The Labute approximate surface area is 202 Å². The molecule has 0 bridgehead atoms. The SMILES string of the molecule is CN(CCCC(=O)O)C(=O)c1cccc(NC(=O)OCC2c3ccccc3-c3ccccc32)c1F. The minimum absolute atomic E-state index is 0.0758. The standard InChI is InChI=1S/C27H25FN2O5/c1-30(15-7-14-24(31)32)26(33)21-12-6-13-23(25(21)28)29-27(34)35-16-22-19-10-4-2-8-17(19)18-9-3-5-11-20(18)22/h2-6,8-13,22H,7,14-16H2,1H3,(H,29,34)(H,31,32). The number of amides is 2. The van der Waals surface area contributed by atoms with Gasteiger partial charge in [0.05, 0.1) is 11.3 Å². The van der Waals surface area contributed by atoms with Crippen LogP contribution in [0, 0.1) is 5.82 Å². The lowest BCUT2D eigenvalue weighted by atomic mass is 9.98. The molecule has 7 nitrogen and oxygen atoms in total. The van der Waals surface area contributed by atoms with Gasteiger partial charge in [-0.2, -0.15) is 0 Å². The van der Waals surface area contributed by atoms with Crippen molar-refractivity contribution in [3.8, 4) is 11.1 Å². The number of nitrogens with zero attached hydrogens (tertiary/aromatic N) is 1. The van der Waals surface area contributed by atoms with E-state index < -0.39 is 23.8 Å².